The molecule has 5 heteroatoms. The number of quaternary nitrogens is 1. The molecule has 0 radical (unpaired) electrons. The van der Waals surface area contributed by atoms with Gasteiger partial charge in [-0.1, -0.05) is 0 Å². The first-order valence-electron chi connectivity index (χ1n) is 3.16. The van der Waals surface area contributed by atoms with Crippen LogP contribution in [0.25, 0.3) is 0 Å². The minimum Gasteiger partial charge on any atom is -0.478 e. The number of carboxylic acid groups (broad SMARTS) is 1. The van der Waals surface area contributed by atoms with E-state index < -0.39 is 5.97 Å². The van der Waals surface area contributed by atoms with E-state index in [1.165, 1.54) is 24.3 Å². The number of carboxylic acids is 1. The number of hydrogen-bond acceptors (Lipinski definition) is 3. The standard InChI is InChI=1S/C7H7NO4/c8-12-11-6-3-1-5(2-4-6)7(9)10/h1-4H,8H3/p+1. The van der Waals surface area contributed by atoms with Gasteiger partial charge in [0.2, 0.25) is 0 Å². The first-order chi connectivity index (χ1) is 5.74. The Bertz CT molecular complexity index is 269. The lowest BCUT2D eigenvalue weighted by atomic mass is 10.2. The Morgan fingerprint density at radius 3 is 2.33 bits per heavy atom. The van der Waals surface area contributed by atoms with Crippen LogP contribution < -0.4 is 10.8 Å². The zero-order valence-corrected chi connectivity index (χ0v) is 6.19. The third-order valence-electron chi connectivity index (χ3n) is 1.26. The molecule has 0 aromatic heterocycles. The topological polar surface area (TPSA) is 83.4 Å². The smallest absolute Gasteiger partial charge is 0.335 e. The number of carbonyl (C=O) groups is 1. The molecule has 0 heterocycles. The predicted octanol–water partition coefficient (Wildman–Crippen LogP) is -0.148. The Morgan fingerprint density at radius 1 is 1.33 bits per heavy atom. The lowest BCUT2D eigenvalue weighted by molar-refractivity contribution is -0.778. The van der Waals surface area contributed by atoms with E-state index in [1.54, 1.807) is 0 Å². The van der Waals surface area contributed by atoms with E-state index in [0.29, 0.717) is 5.75 Å². The summed E-state index contributed by atoms with van der Waals surface area (Å²) in [7, 11) is 0. The maximum absolute atomic E-state index is 10.4. The number of rotatable bonds is 3. The second kappa shape index (κ2) is 3.70. The fourth-order valence-corrected chi connectivity index (χ4v) is 0.721. The molecule has 0 aliphatic carbocycles. The summed E-state index contributed by atoms with van der Waals surface area (Å²) in [5.41, 5.74) is 0.200. The van der Waals surface area contributed by atoms with Crippen LogP contribution in [0, 0.1) is 0 Å². The second-order valence-corrected chi connectivity index (χ2v) is 2.03. The largest absolute Gasteiger partial charge is 0.478 e. The van der Waals surface area contributed by atoms with Crippen LogP contribution in [0.2, 0.25) is 0 Å². The molecule has 0 aliphatic heterocycles. The third-order valence-corrected chi connectivity index (χ3v) is 1.26. The quantitative estimate of drug-likeness (QED) is 0.488. The van der Waals surface area contributed by atoms with Crippen LogP contribution in [0.1, 0.15) is 10.4 Å². The van der Waals surface area contributed by atoms with Crippen molar-refractivity contribution >= 4 is 5.97 Å². The van der Waals surface area contributed by atoms with Gasteiger partial charge in [-0.05, 0) is 24.3 Å². The number of benzene rings is 1. The van der Waals surface area contributed by atoms with Crippen LogP contribution in [-0.2, 0) is 4.99 Å². The molecule has 0 aliphatic rings. The van der Waals surface area contributed by atoms with E-state index in [0.717, 1.165) is 0 Å². The van der Waals surface area contributed by atoms with Gasteiger partial charge in [-0.15, -0.1) is 0 Å². The van der Waals surface area contributed by atoms with Crippen molar-refractivity contribution in [1.29, 1.82) is 0 Å². The monoisotopic (exact) mass is 170 g/mol. The molecule has 12 heavy (non-hydrogen) atoms. The summed E-state index contributed by atoms with van der Waals surface area (Å²) in [6.07, 6.45) is 0. The maximum atomic E-state index is 10.4. The highest BCUT2D eigenvalue weighted by atomic mass is 17.3. The van der Waals surface area contributed by atoms with Gasteiger partial charge in [-0.25, -0.2) is 4.79 Å². The molecule has 0 saturated carbocycles. The average molecular weight is 170 g/mol. The van der Waals surface area contributed by atoms with Crippen molar-refractivity contribution in [3.8, 4) is 5.75 Å². The Morgan fingerprint density at radius 2 is 1.92 bits per heavy atom. The molecule has 1 aromatic rings. The van der Waals surface area contributed by atoms with Crippen molar-refractivity contribution < 1.29 is 25.7 Å². The van der Waals surface area contributed by atoms with Crippen LogP contribution in [0.15, 0.2) is 24.3 Å². The molecule has 64 valence electrons. The van der Waals surface area contributed by atoms with Gasteiger partial charge in [0, 0.05) is 4.99 Å². The zero-order valence-electron chi connectivity index (χ0n) is 6.19. The van der Waals surface area contributed by atoms with Gasteiger partial charge in [0.05, 0.1) is 5.56 Å². The average Bonchev–Trinajstić information content (AvgIpc) is 2.06. The molecule has 4 N–H and O–H groups in total. The van der Waals surface area contributed by atoms with Crippen molar-refractivity contribution in [1.82, 2.24) is 0 Å². The molecule has 0 spiro atoms. The van der Waals surface area contributed by atoms with Crippen LogP contribution in [0.4, 0.5) is 0 Å². The lowest BCUT2D eigenvalue weighted by Gasteiger charge is -1.97. The lowest BCUT2D eigenvalue weighted by Crippen LogP contribution is -2.50. The Hall–Kier alpha value is -1.59. The molecule has 0 atom stereocenters. The minimum atomic E-state index is -0.975. The molecule has 0 unspecified atom stereocenters. The third kappa shape index (κ3) is 1.94. The zero-order chi connectivity index (χ0) is 8.97. The van der Waals surface area contributed by atoms with Gasteiger partial charge >= 0.3 is 5.97 Å². The highest BCUT2D eigenvalue weighted by Crippen LogP contribution is 2.11. The summed E-state index contributed by atoms with van der Waals surface area (Å²) in [6, 6.07) is 5.79. The molecule has 0 saturated heterocycles. The van der Waals surface area contributed by atoms with Crippen LogP contribution in [0.5, 0.6) is 5.75 Å². The summed E-state index contributed by atoms with van der Waals surface area (Å²) in [5, 5.41) is 8.52. The Kier molecular flexibility index (Phi) is 2.62. The van der Waals surface area contributed by atoms with Crippen molar-refractivity contribution in [2.24, 2.45) is 0 Å². The Balaban J connectivity index is 2.78. The van der Waals surface area contributed by atoms with E-state index in [1.807, 2.05) is 0 Å². The van der Waals surface area contributed by atoms with E-state index in [2.05, 4.69) is 15.8 Å². The summed E-state index contributed by atoms with van der Waals surface area (Å²) >= 11 is 0. The molecule has 0 fully saturated rings. The maximum Gasteiger partial charge on any atom is 0.335 e. The summed E-state index contributed by atoms with van der Waals surface area (Å²) < 4.78 is 0. The normalized spacial score (nSPS) is 9.42. The first-order valence-corrected chi connectivity index (χ1v) is 3.16. The summed E-state index contributed by atoms with van der Waals surface area (Å²) in [4.78, 5) is 19.1. The molecule has 0 bridgehead atoms. The highest BCUT2D eigenvalue weighted by Gasteiger charge is 2.01. The van der Waals surface area contributed by atoms with Crippen molar-refractivity contribution in [2.45, 2.75) is 0 Å². The first kappa shape index (κ1) is 8.51. The van der Waals surface area contributed by atoms with E-state index in [4.69, 9.17) is 5.11 Å². The molecule has 1 rings (SSSR count). The van der Waals surface area contributed by atoms with Gasteiger partial charge in [-0.2, -0.15) is 5.90 Å². The predicted molar refractivity (Wildman–Crippen MR) is 38.0 cm³/mol. The van der Waals surface area contributed by atoms with Crippen molar-refractivity contribution in [3.63, 3.8) is 0 Å². The Labute approximate surface area is 68.2 Å². The fraction of sp³-hybridized carbons (Fsp3) is 0. The van der Waals surface area contributed by atoms with Crippen LogP contribution in [0.3, 0.4) is 0 Å². The fourth-order valence-electron chi connectivity index (χ4n) is 0.721. The van der Waals surface area contributed by atoms with Crippen molar-refractivity contribution in [3.05, 3.63) is 29.8 Å². The van der Waals surface area contributed by atoms with Gasteiger partial charge in [-0.3, -0.25) is 4.89 Å². The van der Waals surface area contributed by atoms with Gasteiger partial charge in [0.15, 0.2) is 5.75 Å². The molecule has 0 amide bonds. The SMILES string of the molecule is [NH3+]OOc1ccc(C(=O)O)cc1. The van der Waals surface area contributed by atoms with Gasteiger partial charge in [0.25, 0.3) is 0 Å². The highest BCUT2D eigenvalue weighted by molar-refractivity contribution is 5.87. The molecular formula is C7H8NO4+. The number of hydrogen-bond donors (Lipinski definition) is 2. The summed E-state index contributed by atoms with van der Waals surface area (Å²) in [6.45, 7) is 0. The van der Waals surface area contributed by atoms with Crippen LogP contribution >= 0.6 is 0 Å². The van der Waals surface area contributed by atoms with E-state index >= 15 is 0 Å². The van der Waals surface area contributed by atoms with Crippen molar-refractivity contribution in [2.75, 3.05) is 0 Å². The van der Waals surface area contributed by atoms with E-state index in [-0.39, 0.29) is 5.56 Å². The minimum absolute atomic E-state index is 0.200. The van der Waals surface area contributed by atoms with E-state index in [9.17, 15) is 4.79 Å². The molecule has 5 nitrogen and oxygen atoms in total. The molecule has 1 aromatic carbocycles. The summed E-state index contributed by atoms with van der Waals surface area (Å²) in [5.74, 6) is 2.44. The van der Waals surface area contributed by atoms with Crippen LogP contribution in [-0.4, -0.2) is 11.1 Å². The van der Waals surface area contributed by atoms with Gasteiger partial charge < -0.3 is 5.11 Å². The van der Waals surface area contributed by atoms with Gasteiger partial charge in [0.1, 0.15) is 0 Å². The molecular weight excluding hydrogens is 162 g/mol. The number of aromatic carboxylic acids is 1. The second-order valence-electron chi connectivity index (χ2n) is 2.03.